The molecule has 1 aliphatic rings. The van der Waals surface area contributed by atoms with E-state index in [1.165, 1.54) is 22.8 Å². The summed E-state index contributed by atoms with van der Waals surface area (Å²) in [4.78, 5) is 12.1. The lowest BCUT2D eigenvalue weighted by Gasteiger charge is -2.34. The van der Waals surface area contributed by atoms with Gasteiger partial charge >= 0.3 is 0 Å². The summed E-state index contributed by atoms with van der Waals surface area (Å²) in [5.74, 6) is -0.278. The number of amides is 1. The number of nitrogens with zero attached hydrogens (tertiary/aromatic N) is 1. The lowest BCUT2D eigenvalue weighted by atomic mass is 10.3. The average molecular weight is 318 g/mol. The lowest BCUT2D eigenvalue weighted by Crippen LogP contribution is -2.47. The van der Waals surface area contributed by atoms with Gasteiger partial charge in [-0.1, -0.05) is 0 Å². The van der Waals surface area contributed by atoms with Gasteiger partial charge in [-0.05, 0) is 19.9 Å². The number of nitrogens with one attached hydrogen (secondary N) is 1. The number of hydrogen-bond acceptors (Lipinski definition) is 5. The number of carbonyl (C=O) groups is 1. The summed E-state index contributed by atoms with van der Waals surface area (Å²) in [6, 6.07) is 1.42. The van der Waals surface area contributed by atoms with Gasteiger partial charge < -0.3 is 10.1 Å². The zero-order valence-electron chi connectivity index (χ0n) is 11.6. The van der Waals surface area contributed by atoms with Crippen LogP contribution in [0.2, 0.25) is 0 Å². The Morgan fingerprint density at radius 1 is 1.40 bits per heavy atom. The first-order valence-electron chi connectivity index (χ1n) is 6.31. The highest BCUT2D eigenvalue weighted by Crippen LogP contribution is 2.25. The fourth-order valence-electron chi connectivity index (χ4n) is 2.17. The second-order valence-corrected chi connectivity index (χ2v) is 7.65. The molecule has 112 valence electrons. The zero-order chi connectivity index (χ0) is 14.9. The van der Waals surface area contributed by atoms with Crippen LogP contribution in [0.15, 0.2) is 16.3 Å². The molecule has 0 bridgehead atoms. The fourth-order valence-corrected chi connectivity index (χ4v) is 4.97. The highest BCUT2D eigenvalue weighted by atomic mass is 32.2. The molecule has 1 amide bonds. The van der Waals surface area contributed by atoms with Gasteiger partial charge in [0.05, 0.1) is 22.0 Å². The van der Waals surface area contributed by atoms with E-state index in [2.05, 4.69) is 5.32 Å². The maximum atomic E-state index is 12.5. The molecule has 1 aromatic rings. The van der Waals surface area contributed by atoms with Crippen molar-refractivity contribution in [2.45, 2.75) is 31.0 Å². The Bertz CT molecular complexity index is 586. The lowest BCUT2D eigenvalue weighted by molar-refractivity contribution is -0.0440. The maximum absolute atomic E-state index is 12.5. The zero-order valence-corrected chi connectivity index (χ0v) is 13.3. The van der Waals surface area contributed by atoms with Gasteiger partial charge in [0.25, 0.3) is 5.91 Å². The van der Waals surface area contributed by atoms with E-state index in [0.29, 0.717) is 18.0 Å². The maximum Gasteiger partial charge on any atom is 0.261 e. The fraction of sp³-hybridized carbons (Fsp3) is 0.583. The van der Waals surface area contributed by atoms with Crippen molar-refractivity contribution >= 4 is 27.3 Å². The number of thiophene rings is 1. The molecule has 0 saturated carbocycles. The van der Waals surface area contributed by atoms with E-state index < -0.39 is 10.0 Å². The molecule has 0 aliphatic carbocycles. The molecule has 2 rings (SSSR count). The predicted octanol–water partition coefficient (Wildman–Crippen LogP) is 0.906. The number of hydrogen-bond donors (Lipinski definition) is 1. The molecule has 0 aromatic carbocycles. The molecular weight excluding hydrogens is 300 g/mol. The second-order valence-electron chi connectivity index (χ2n) is 4.81. The minimum absolute atomic E-state index is 0.134. The van der Waals surface area contributed by atoms with Crippen LogP contribution in [0.25, 0.3) is 0 Å². The van der Waals surface area contributed by atoms with Crippen molar-refractivity contribution in [1.82, 2.24) is 9.62 Å². The minimum atomic E-state index is -3.57. The Morgan fingerprint density at radius 2 is 2.00 bits per heavy atom. The van der Waals surface area contributed by atoms with E-state index in [4.69, 9.17) is 4.74 Å². The molecule has 0 radical (unpaired) electrons. The summed E-state index contributed by atoms with van der Waals surface area (Å²) in [5, 5.41) is 3.99. The van der Waals surface area contributed by atoms with Crippen LogP contribution in [0.5, 0.6) is 0 Å². The number of morpholine rings is 1. The standard InChI is InChI=1S/C12H18N2O4S2/c1-8-5-14(6-9(2)18-8)20(16,17)10-4-11(19-7-10)12(15)13-3/h4,7-9H,5-6H2,1-3H3,(H,13,15)/t8-,9-/m0/s1. The molecule has 8 heteroatoms. The normalized spacial score (nSPS) is 24.6. The first-order valence-corrected chi connectivity index (χ1v) is 8.62. The molecule has 2 heterocycles. The largest absolute Gasteiger partial charge is 0.373 e. The van der Waals surface area contributed by atoms with Crippen LogP contribution < -0.4 is 5.32 Å². The van der Waals surface area contributed by atoms with Gasteiger partial charge in [0.15, 0.2) is 0 Å². The summed E-state index contributed by atoms with van der Waals surface area (Å²) in [7, 11) is -2.05. The topological polar surface area (TPSA) is 75.7 Å². The molecular formula is C12H18N2O4S2. The molecule has 1 aromatic heterocycles. The molecule has 1 saturated heterocycles. The summed E-state index contributed by atoms with van der Waals surface area (Å²) >= 11 is 1.13. The van der Waals surface area contributed by atoms with Crippen molar-refractivity contribution in [2.75, 3.05) is 20.1 Å². The summed E-state index contributed by atoms with van der Waals surface area (Å²) in [5.41, 5.74) is 0. The van der Waals surface area contributed by atoms with Crippen LogP contribution in [0, 0.1) is 0 Å². The molecule has 1 fully saturated rings. The van der Waals surface area contributed by atoms with Crippen LogP contribution in [0.4, 0.5) is 0 Å². The van der Waals surface area contributed by atoms with Crippen LogP contribution in [-0.2, 0) is 14.8 Å². The molecule has 2 atom stereocenters. The van der Waals surface area contributed by atoms with Crippen LogP contribution in [-0.4, -0.2) is 51.0 Å². The molecule has 0 spiro atoms. The van der Waals surface area contributed by atoms with E-state index in [-0.39, 0.29) is 23.0 Å². The first-order chi connectivity index (χ1) is 9.34. The monoisotopic (exact) mass is 318 g/mol. The van der Waals surface area contributed by atoms with Gasteiger partial charge in [-0.15, -0.1) is 11.3 Å². The SMILES string of the molecule is CNC(=O)c1cc(S(=O)(=O)N2C[C@H](C)O[C@@H](C)C2)cs1. The molecule has 20 heavy (non-hydrogen) atoms. The molecule has 6 nitrogen and oxygen atoms in total. The summed E-state index contributed by atoms with van der Waals surface area (Å²) in [6.07, 6.45) is -0.267. The van der Waals surface area contributed by atoms with Gasteiger partial charge in [-0.2, -0.15) is 4.31 Å². The van der Waals surface area contributed by atoms with Gasteiger partial charge in [0, 0.05) is 25.5 Å². The van der Waals surface area contributed by atoms with Crippen molar-refractivity contribution in [1.29, 1.82) is 0 Å². The molecule has 0 unspecified atom stereocenters. The number of rotatable bonds is 3. The number of sulfonamides is 1. The van der Waals surface area contributed by atoms with Crippen LogP contribution in [0.1, 0.15) is 23.5 Å². The van der Waals surface area contributed by atoms with Crippen molar-refractivity contribution in [3.05, 3.63) is 16.3 Å². The van der Waals surface area contributed by atoms with Crippen molar-refractivity contribution in [3.63, 3.8) is 0 Å². The van der Waals surface area contributed by atoms with E-state index in [0.717, 1.165) is 11.3 Å². The van der Waals surface area contributed by atoms with E-state index in [1.807, 2.05) is 13.8 Å². The minimum Gasteiger partial charge on any atom is -0.373 e. The number of carbonyl (C=O) groups excluding carboxylic acids is 1. The quantitative estimate of drug-likeness (QED) is 0.898. The average Bonchev–Trinajstić information content (AvgIpc) is 2.86. The van der Waals surface area contributed by atoms with Crippen molar-refractivity contribution in [3.8, 4) is 0 Å². The third-order valence-corrected chi connectivity index (χ3v) is 5.94. The van der Waals surface area contributed by atoms with E-state index >= 15 is 0 Å². The van der Waals surface area contributed by atoms with E-state index in [9.17, 15) is 13.2 Å². The molecule has 1 aliphatic heterocycles. The van der Waals surface area contributed by atoms with Gasteiger partial charge in [-0.3, -0.25) is 4.79 Å². The van der Waals surface area contributed by atoms with Crippen molar-refractivity contribution < 1.29 is 17.9 Å². The number of ether oxygens (including phenoxy) is 1. The highest BCUT2D eigenvalue weighted by molar-refractivity contribution is 7.89. The Labute approximate surface area is 122 Å². The third-order valence-electron chi connectivity index (χ3n) is 3.05. The Kier molecular flexibility index (Phi) is 4.48. The summed E-state index contributed by atoms with van der Waals surface area (Å²) < 4.78 is 32.1. The van der Waals surface area contributed by atoms with Crippen molar-refractivity contribution in [2.24, 2.45) is 0 Å². The van der Waals surface area contributed by atoms with Crippen LogP contribution in [0.3, 0.4) is 0 Å². The Balaban J connectivity index is 2.26. The van der Waals surface area contributed by atoms with Gasteiger partial charge in [0.2, 0.25) is 10.0 Å². The highest BCUT2D eigenvalue weighted by Gasteiger charge is 2.33. The smallest absolute Gasteiger partial charge is 0.261 e. The second kappa shape index (κ2) is 5.80. The van der Waals surface area contributed by atoms with Gasteiger partial charge in [0.1, 0.15) is 0 Å². The third kappa shape index (κ3) is 3.03. The Morgan fingerprint density at radius 3 is 2.55 bits per heavy atom. The Hall–Kier alpha value is -0.960. The predicted molar refractivity (Wildman–Crippen MR) is 76.5 cm³/mol. The summed E-state index contributed by atoms with van der Waals surface area (Å²) in [6.45, 7) is 4.36. The van der Waals surface area contributed by atoms with Crippen LogP contribution >= 0.6 is 11.3 Å². The first kappa shape index (κ1) is 15.4. The molecule has 1 N–H and O–H groups in total. The van der Waals surface area contributed by atoms with E-state index in [1.54, 1.807) is 0 Å². The van der Waals surface area contributed by atoms with Gasteiger partial charge in [-0.25, -0.2) is 8.42 Å².